The van der Waals surface area contributed by atoms with E-state index in [9.17, 15) is 4.79 Å². The van der Waals surface area contributed by atoms with E-state index >= 15 is 0 Å². The molecule has 0 bridgehead atoms. The summed E-state index contributed by atoms with van der Waals surface area (Å²) < 4.78 is 0. The maximum atomic E-state index is 10.7. The first-order valence-corrected chi connectivity index (χ1v) is 7.79. The number of carboxylic acid groups (broad SMARTS) is 1. The molecule has 15 heavy (non-hydrogen) atoms. The SMILES string of the molecule is CCCCC[S+](CCCCC)CC(=O)O. The first-order valence-electron chi connectivity index (χ1n) is 6.06. The van der Waals surface area contributed by atoms with Crippen LogP contribution >= 0.6 is 0 Å². The van der Waals surface area contributed by atoms with Crippen LogP contribution in [0.1, 0.15) is 52.4 Å². The Labute approximate surface area is 96.8 Å². The van der Waals surface area contributed by atoms with E-state index in [0.29, 0.717) is 5.75 Å². The van der Waals surface area contributed by atoms with E-state index in [1.807, 2.05) is 0 Å². The van der Waals surface area contributed by atoms with Gasteiger partial charge in [-0.05, 0) is 36.6 Å². The van der Waals surface area contributed by atoms with Crippen LogP contribution in [0.4, 0.5) is 0 Å². The molecule has 3 heteroatoms. The van der Waals surface area contributed by atoms with Crippen LogP contribution < -0.4 is 0 Å². The predicted octanol–water partition coefficient (Wildman–Crippen LogP) is 3.07. The standard InChI is InChI=1S/C12H24O2S/c1-3-5-7-9-15(11-12(13)14)10-8-6-4-2/h3-11H2,1-2H3/p+1. The van der Waals surface area contributed by atoms with Crippen LogP contribution in [0.3, 0.4) is 0 Å². The van der Waals surface area contributed by atoms with E-state index < -0.39 is 5.97 Å². The minimum Gasteiger partial charge on any atom is -0.478 e. The van der Waals surface area contributed by atoms with Gasteiger partial charge in [-0.25, -0.2) is 4.79 Å². The van der Waals surface area contributed by atoms with E-state index in [1.165, 1.54) is 38.5 Å². The molecule has 0 aromatic carbocycles. The molecule has 0 aliphatic rings. The second kappa shape index (κ2) is 10.3. The van der Waals surface area contributed by atoms with Crippen molar-refractivity contribution in [3.8, 4) is 0 Å². The molecule has 0 spiro atoms. The summed E-state index contributed by atoms with van der Waals surface area (Å²) in [5.41, 5.74) is 0. The lowest BCUT2D eigenvalue weighted by atomic mass is 10.3. The smallest absolute Gasteiger partial charge is 0.353 e. The normalized spacial score (nSPS) is 10.9. The topological polar surface area (TPSA) is 37.3 Å². The van der Waals surface area contributed by atoms with E-state index in [1.54, 1.807) is 0 Å². The lowest BCUT2D eigenvalue weighted by molar-refractivity contribution is -0.133. The zero-order valence-corrected chi connectivity index (χ0v) is 10.9. The van der Waals surface area contributed by atoms with Gasteiger partial charge in [-0.2, -0.15) is 0 Å². The highest BCUT2D eigenvalue weighted by atomic mass is 32.2. The molecule has 0 saturated heterocycles. The summed E-state index contributed by atoms with van der Waals surface area (Å²) in [6.45, 7) is 4.37. The van der Waals surface area contributed by atoms with Gasteiger partial charge in [0.2, 0.25) is 5.75 Å². The minimum absolute atomic E-state index is 0.143. The lowest BCUT2D eigenvalue weighted by Crippen LogP contribution is -2.22. The Balaban J connectivity index is 3.68. The average Bonchev–Trinajstić information content (AvgIpc) is 2.17. The van der Waals surface area contributed by atoms with Crippen LogP contribution in [0.2, 0.25) is 0 Å². The molecule has 0 radical (unpaired) electrons. The summed E-state index contributed by atoms with van der Waals surface area (Å²) in [6.07, 6.45) is 7.35. The van der Waals surface area contributed by atoms with Crippen molar-refractivity contribution in [2.45, 2.75) is 52.4 Å². The summed E-state index contributed by atoms with van der Waals surface area (Å²) in [7, 11) is 0.143. The van der Waals surface area contributed by atoms with Crippen LogP contribution in [-0.4, -0.2) is 28.3 Å². The van der Waals surface area contributed by atoms with Gasteiger partial charge in [0.1, 0.15) is 11.5 Å². The first kappa shape index (κ1) is 14.8. The molecule has 90 valence electrons. The minimum atomic E-state index is -0.619. The molecule has 0 heterocycles. The fraction of sp³-hybridized carbons (Fsp3) is 0.917. The van der Waals surface area contributed by atoms with Gasteiger partial charge in [0, 0.05) is 0 Å². The van der Waals surface area contributed by atoms with Crippen molar-refractivity contribution in [2.75, 3.05) is 17.3 Å². The third-order valence-electron chi connectivity index (χ3n) is 2.40. The number of carbonyl (C=O) groups is 1. The maximum Gasteiger partial charge on any atom is 0.353 e. The molecule has 0 aromatic rings. The van der Waals surface area contributed by atoms with Gasteiger partial charge >= 0.3 is 5.97 Å². The number of aliphatic carboxylic acids is 1. The summed E-state index contributed by atoms with van der Waals surface area (Å²) in [5.74, 6) is 2.03. The largest absolute Gasteiger partial charge is 0.478 e. The van der Waals surface area contributed by atoms with Crippen molar-refractivity contribution in [1.82, 2.24) is 0 Å². The van der Waals surface area contributed by atoms with Gasteiger partial charge in [-0.3, -0.25) is 0 Å². The summed E-state index contributed by atoms with van der Waals surface area (Å²) in [5, 5.41) is 8.80. The molecule has 2 nitrogen and oxygen atoms in total. The highest BCUT2D eigenvalue weighted by Crippen LogP contribution is 2.08. The van der Waals surface area contributed by atoms with Crippen molar-refractivity contribution in [3.05, 3.63) is 0 Å². The van der Waals surface area contributed by atoms with Crippen LogP contribution in [0.15, 0.2) is 0 Å². The van der Waals surface area contributed by atoms with Crippen molar-refractivity contribution >= 4 is 16.9 Å². The van der Waals surface area contributed by atoms with Crippen LogP contribution in [-0.2, 0) is 15.7 Å². The van der Waals surface area contributed by atoms with Crippen LogP contribution in [0.25, 0.3) is 0 Å². The van der Waals surface area contributed by atoms with Crippen molar-refractivity contribution in [3.63, 3.8) is 0 Å². The summed E-state index contributed by atoms with van der Waals surface area (Å²) in [6, 6.07) is 0. The van der Waals surface area contributed by atoms with Crippen LogP contribution in [0.5, 0.6) is 0 Å². The third kappa shape index (κ3) is 10.1. The number of carboxylic acids is 1. The second-order valence-corrected chi connectivity index (χ2v) is 6.30. The Morgan fingerprint density at radius 2 is 1.47 bits per heavy atom. The third-order valence-corrected chi connectivity index (χ3v) is 4.79. The number of rotatable bonds is 10. The highest BCUT2D eigenvalue weighted by molar-refractivity contribution is 7.97. The Kier molecular flexibility index (Phi) is 10.2. The fourth-order valence-electron chi connectivity index (χ4n) is 1.53. The van der Waals surface area contributed by atoms with Crippen molar-refractivity contribution in [2.24, 2.45) is 0 Å². The average molecular weight is 233 g/mol. The Morgan fingerprint density at radius 1 is 1.00 bits per heavy atom. The van der Waals surface area contributed by atoms with Gasteiger partial charge in [-0.1, -0.05) is 26.7 Å². The zero-order chi connectivity index (χ0) is 11.5. The molecule has 0 unspecified atom stereocenters. The van der Waals surface area contributed by atoms with Gasteiger partial charge in [0.05, 0.1) is 0 Å². The van der Waals surface area contributed by atoms with Crippen molar-refractivity contribution in [1.29, 1.82) is 0 Å². The number of hydrogen-bond donors (Lipinski definition) is 1. The van der Waals surface area contributed by atoms with Gasteiger partial charge < -0.3 is 5.11 Å². The van der Waals surface area contributed by atoms with E-state index in [0.717, 1.165) is 11.5 Å². The second-order valence-electron chi connectivity index (χ2n) is 3.97. The molecule has 1 N–H and O–H groups in total. The fourth-order valence-corrected chi connectivity index (χ4v) is 3.60. The molecule has 0 atom stereocenters. The van der Waals surface area contributed by atoms with E-state index in [2.05, 4.69) is 13.8 Å². The summed E-state index contributed by atoms with van der Waals surface area (Å²) >= 11 is 0. The van der Waals surface area contributed by atoms with Gasteiger partial charge in [0.25, 0.3) is 0 Å². The molecule has 0 rings (SSSR count). The highest BCUT2D eigenvalue weighted by Gasteiger charge is 2.20. The molecular formula is C12H25O2S+. The lowest BCUT2D eigenvalue weighted by Gasteiger charge is -2.06. The monoisotopic (exact) mass is 233 g/mol. The summed E-state index contributed by atoms with van der Waals surface area (Å²) in [4.78, 5) is 10.7. The number of unbranched alkanes of at least 4 members (excludes halogenated alkanes) is 4. The predicted molar refractivity (Wildman–Crippen MR) is 68.7 cm³/mol. The quantitative estimate of drug-likeness (QED) is 0.465. The maximum absolute atomic E-state index is 10.7. The Hall–Kier alpha value is -0.180. The van der Waals surface area contributed by atoms with Crippen molar-refractivity contribution < 1.29 is 9.90 Å². The molecular weight excluding hydrogens is 208 g/mol. The Morgan fingerprint density at radius 3 is 1.80 bits per heavy atom. The molecule has 0 aliphatic heterocycles. The van der Waals surface area contributed by atoms with Gasteiger partial charge in [-0.15, -0.1) is 0 Å². The molecule has 0 fully saturated rings. The van der Waals surface area contributed by atoms with E-state index in [4.69, 9.17) is 5.11 Å². The van der Waals surface area contributed by atoms with E-state index in [-0.39, 0.29) is 10.9 Å². The molecule has 0 aliphatic carbocycles. The Bertz CT molecular complexity index is 150. The molecule has 0 aromatic heterocycles. The van der Waals surface area contributed by atoms with Gasteiger partial charge in [0.15, 0.2) is 0 Å². The first-order chi connectivity index (χ1) is 7.20. The van der Waals surface area contributed by atoms with Crippen LogP contribution in [0, 0.1) is 0 Å². The zero-order valence-electron chi connectivity index (χ0n) is 10.1. The molecule has 0 amide bonds. The molecule has 0 saturated carbocycles. The number of hydrogen-bond acceptors (Lipinski definition) is 1.